The third-order valence-electron chi connectivity index (χ3n) is 4.26. The van der Waals surface area contributed by atoms with Gasteiger partial charge in [0.05, 0.1) is 4.47 Å². The van der Waals surface area contributed by atoms with Crippen molar-refractivity contribution >= 4 is 15.9 Å². The lowest BCUT2D eigenvalue weighted by Gasteiger charge is -2.45. The minimum Gasteiger partial charge on any atom is -0.310 e. The van der Waals surface area contributed by atoms with Crippen molar-refractivity contribution < 1.29 is 8.78 Å². The quantitative estimate of drug-likeness (QED) is 0.710. The van der Waals surface area contributed by atoms with E-state index in [9.17, 15) is 8.78 Å². The fraction of sp³-hybridized carbons (Fsp3) is 0.647. The summed E-state index contributed by atoms with van der Waals surface area (Å²) in [6.45, 7) is 9.30. The Balaban J connectivity index is 2.08. The van der Waals surface area contributed by atoms with Gasteiger partial charge in [-0.3, -0.25) is 0 Å². The van der Waals surface area contributed by atoms with Gasteiger partial charge >= 0.3 is 0 Å². The maximum Gasteiger partial charge on any atom is 0.144 e. The third kappa shape index (κ3) is 4.26. The number of rotatable bonds is 3. The zero-order chi connectivity index (χ0) is 15.8. The van der Waals surface area contributed by atoms with Crippen LogP contribution in [0.25, 0.3) is 0 Å². The molecule has 0 bridgehead atoms. The van der Waals surface area contributed by atoms with Crippen LogP contribution in [0.1, 0.15) is 52.5 Å². The summed E-state index contributed by atoms with van der Waals surface area (Å²) in [7, 11) is 0. The summed E-state index contributed by atoms with van der Waals surface area (Å²) in [5.74, 6) is -0.991. The predicted octanol–water partition coefficient (Wildman–Crippen LogP) is 5.42. The Morgan fingerprint density at radius 2 is 1.71 bits per heavy atom. The van der Waals surface area contributed by atoms with E-state index < -0.39 is 11.6 Å². The predicted molar refractivity (Wildman–Crippen MR) is 86.1 cm³/mol. The molecule has 0 amide bonds. The summed E-state index contributed by atoms with van der Waals surface area (Å²) < 4.78 is 28.1. The van der Waals surface area contributed by atoms with Crippen molar-refractivity contribution in [2.24, 2.45) is 10.8 Å². The lowest BCUT2D eigenvalue weighted by molar-refractivity contribution is 0.0842. The Hall–Kier alpha value is -0.480. The molecule has 1 fully saturated rings. The average Bonchev–Trinajstić information content (AvgIpc) is 2.30. The van der Waals surface area contributed by atoms with Crippen LogP contribution in [0.2, 0.25) is 0 Å². The molecule has 1 aromatic rings. The first kappa shape index (κ1) is 16.9. The van der Waals surface area contributed by atoms with Gasteiger partial charge in [-0.15, -0.1) is 0 Å². The topological polar surface area (TPSA) is 12.0 Å². The average molecular weight is 360 g/mol. The normalized spacial score (nSPS) is 21.5. The van der Waals surface area contributed by atoms with E-state index in [1.807, 2.05) is 0 Å². The van der Waals surface area contributed by atoms with Gasteiger partial charge in [0.2, 0.25) is 0 Å². The van der Waals surface area contributed by atoms with E-state index in [-0.39, 0.29) is 22.9 Å². The zero-order valence-corrected chi connectivity index (χ0v) is 14.8. The van der Waals surface area contributed by atoms with E-state index in [0.29, 0.717) is 10.5 Å². The SMILES string of the molecule is CC1(C)CC(NCc2c(F)ccc(Br)c2F)CC(C)(C)C1. The summed E-state index contributed by atoms with van der Waals surface area (Å²) in [6, 6.07) is 3.00. The van der Waals surface area contributed by atoms with Crippen LogP contribution < -0.4 is 5.32 Å². The number of benzene rings is 1. The molecule has 0 heterocycles. The molecule has 1 aliphatic rings. The second kappa shape index (κ2) is 5.96. The van der Waals surface area contributed by atoms with Crippen LogP contribution in [0.5, 0.6) is 0 Å². The number of hydrogen-bond donors (Lipinski definition) is 1. The van der Waals surface area contributed by atoms with Crippen molar-refractivity contribution in [2.75, 3.05) is 0 Å². The van der Waals surface area contributed by atoms with Crippen molar-refractivity contribution in [3.63, 3.8) is 0 Å². The minimum atomic E-state index is -0.503. The molecule has 0 radical (unpaired) electrons. The molecule has 1 nitrogen and oxygen atoms in total. The van der Waals surface area contributed by atoms with Crippen molar-refractivity contribution in [3.8, 4) is 0 Å². The molecular formula is C17H24BrF2N. The van der Waals surface area contributed by atoms with E-state index in [4.69, 9.17) is 0 Å². The highest BCUT2D eigenvalue weighted by molar-refractivity contribution is 9.10. The van der Waals surface area contributed by atoms with Crippen molar-refractivity contribution in [3.05, 3.63) is 33.8 Å². The molecule has 0 atom stereocenters. The standard InChI is InChI=1S/C17H24BrF2N/c1-16(2)7-11(8-17(3,4)10-16)21-9-12-14(19)6-5-13(18)15(12)20/h5-6,11,21H,7-10H2,1-4H3. The Morgan fingerprint density at radius 1 is 1.14 bits per heavy atom. The minimum absolute atomic E-state index is 0.116. The highest BCUT2D eigenvalue weighted by Gasteiger charge is 2.38. The molecule has 1 aromatic carbocycles. The van der Waals surface area contributed by atoms with Crippen LogP contribution in [-0.2, 0) is 6.54 Å². The van der Waals surface area contributed by atoms with Crippen LogP contribution in [0.15, 0.2) is 16.6 Å². The maximum atomic E-state index is 14.0. The zero-order valence-electron chi connectivity index (χ0n) is 13.2. The Morgan fingerprint density at radius 3 is 2.29 bits per heavy atom. The first-order chi connectivity index (χ1) is 9.60. The first-order valence-corrected chi connectivity index (χ1v) is 8.25. The summed E-state index contributed by atoms with van der Waals surface area (Å²) in [5.41, 5.74) is 0.632. The third-order valence-corrected chi connectivity index (χ3v) is 4.87. The van der Waals surface area contributed by atoms with Crippen molar-refractivity contribution in [1.29, 1.82) is 0 Å². The summed E-state index contributed by atoms with van der Waals surface area (Å²) in [5, 5.41) is 3.36. The monoisotopic (exact) mass is 359 g/mol. The Bertz CT molecular complexity index is 510. The van der Waals surface area contributed by atoms with E-state index >= 15 is 0 Å². The van der Waals surface area contributed by atoms with E-state index in [2.05, 4.69) is 48.9 Å². The summed E-state index contributed by atoms with van der Waals surface area (Å²) in [4.78, 5) is 0. The molecule has 1 N–H and O–H groups in total. The van der Waals surface area contributed by atoms with Crippen LogP contribution in [0.3, 0.4) is 0 Å². The summed E-state index contributed by atoms with van der Waals surface area (Å²) in [6.07, 6.45) is 3.25. The lowest BCUT2D eigenvalue weighted by atomic mass is 9.63. The van der Waals surface area contributed by atoms with Crippen LogP contribution >= 0.6 is 15.9 Å². The van der Waals surface area contributed by atoms with Gasteiger partial charge < -0.3 is 5.32 Å². The molecule has 0 aromatic heterocycles. The van der Waals surface area contributed by atoms with E-state index in [1.54, 1.807) is 0 Å². The molecule has 21 heavy (non-hydrogen) atoms. The Kier molecular flexibility index (Phi) is 4.79. The maximum absolute atomic E-state index is 14.0. The van der Waals surface area contributed by atoms with E-state index in [1.165, 1.54) is 18.6 Å². The van der Waals surface area contributed by atoms with Crippen LogP contribution in [-0.4, -0.2) is 6.04 Å². The molecule has 1 saturated carbocycles. The number of hydrogen-bond acceptors (Lipinski definition) is 1. The lowest BCUT2D eigenvalue weighted by Crippen LogP contribution is -2.43. The van der Waals surface area contributed by atoms with Crippen LogP contribution in [0, 0.1) is 22.5 Å². The number of nitrogens with one attached hydrogen (secondary N) is 1. The molecule has 0 spiro atoms. The largest absolute Gasteiger partial charge is 0.310 e. The molecule has 0 aliphatic heterocycles. The highest BCUT2D eigenvalue weighted by Crippen LogP contribution is 2.45. The Labute approximate surface area is 134 Å². The van der Waals surface area contributed by atoms with Gasteiger partial charge in [-0.05, 0) is 58.2 Å². The molecule has 2 rings (SSSR count). The fourth-order valence-electron chi connectivity index (χ4n) is 3.97. The van der Waals surface area contributed by atoms with Gasteiger partial charge in [0, 0.05) is 18.2 Å². The second-order valence-corrected chi connectivity index (χ2v) is 8.67. The molecule has 0 saturated heterocycles. The number of halogens is 3. The van der Waals surface area contributed by atoms with Crippen LogP contribution in [0.4, 0.5) is 8.78 Å². The van der Waals surface area contributed by atoms with E-state index in [0.717, 1.165) is 12.8 Å². The molecular weight excluding hydrogens is 336 g/mol. The van der Waals surface area contributed by atoms with Gasteiger partial charge in [-0.25, -0.2) is 8.78 Å². The molecule has 118 valence electrons. The second-order valence-electron chi connectivity index (χ2n) is 7.81. The molecule has 0 unspecified atom stereocenters. The smallest absolute Gasteiger partial charge is 0.144 e. The summed E-state index contributed by atoms with van der Waals surface area (Å²) >= 11 is 3.11. The van der Waals surface area contributed by atoms with Gasteiger partial charge in [-0.2, -0.15) is 0 Å². The van der Waals surface area contributed by atoms with Crippen molar-refractivity contribution in [2.45, 2.75) is 59.5 Å². The molecule has 4 heteroatoms. The highest BCUT2D eigenvalue weighted by atomic mass is 79.9. The van der Waals surface area contributed by atoms with Gasteiger partial charge in [-0.1, -0.05) is 27.7 Å². The van der Waals surface area contributed by atoms with Gasteiger partial charge in [0.15, 0.2) is 0 Å². The first-order valence-electron chi connectivity index (χ1n) is 7.45. The fourth-order valence-corrected chi connectivity index (χ4v) is 4.34. The van der Waals surface area contributed by atoms with Gasteiger partial charge in [0.1, 0.15) is 11.6 Å². The van der Waals surface area contributed by atoms with Gasteiger partial charge in [0.25, 0.3) is 0 Å². The van der Waals surface area contributed by atoms with Crippen molar-refractivity contribution in [1.82, 2.24) is 5.32 Å². The molecule has 1 aliphatic carbocycles.